The van der Waals surface area contributed by atoms with Crippen LogP contribution in [0.5, 0.6) is 0 Å². The minimum atomic E-state index is -1.22. The standard InChI is InChI=1S/C22H28N4O6/c1-21(2,3)32-20(30)25-10-8-22(31,9-11-25)16-6-4-13-14(23-16)12-26(19(13)29)15-5-7-17(27)24-18(15)28/h4,6,15,31H,5,7-12H2,1-3H3,(H,24,27,28). The van der Waals surface area contributed by atoms with E-state index in [4.69, 9.17) is 4.74 Å². The molecule has 1 unspecified atom stereocenters. The molecule has 32 heavy (non-hydrogen) atoms. The van der Waals surface area contributed by atoms with Gasteiger partial charge in [-0.05, 0) is 52.2 Å². The summed E-state index contributed by atoms with van der Waals surface area (Å²) >= 11 is 0. The second-order valence-electron chi connectivity index (χ2n) is 9.59. The molecule has 1 atom stereocenters. The Balaban J connectivity index is 1.46. The van der Waals surface area contributed by atoms with E-state index in [1.807, 2.05) is 0 Å². The molecule has 4 heterocycles. The zero-order chi connectivity index (χ0) is 23.3. The molecule has 3 aliphatic heterocycles. The number of ether oxygens (including phenoxy) is 1. The topological polar surface area (TPSA) is 129 Å². The van der Waals surface area contributed by atoms with Crippen LogP contribution in [0.1, 0.15) is 68.2 Å². The number of aromatic nitrogens is 1. The van der Waals surface area contributed by atoms with Gasteiger partial charge in [0.25, 0.3) is 5.91 Å². The van der Waals surface area contributed by atoms with E-state index in [1.54, 1.807) is 37.8 Å². The highest BCUT2D eigenvalue weighted by Crippen LogP contribution is 2.34. The molecule has 2 saturated heterocycles. The number of hydrogen-bond acceptors (Lipinski definition) is 7. The first-order valence-corrected chi connectivity index (χ1v) is 10.8. The number of amides is 4. The largest absolute Gasteiger partial charge is 0.444 e. The van der Waals surface area contributed by atoms with Crippen molar-refractivity contribution in [2.24, 2.45) is 0 Å². The van der Waals surface area contributed by atoms with Crippen molar-refractivity contribution in [2.45, 2.75) is 70.2 Å². The van der Waals surface area contributed by atoms with Crippen LogP contribution in [0, 0.1) is 0 Å². The van der Waals surface area contributed by atoms with Crippen LogP contribution in [-0.2, 0) is 26.5 Å². The Hall–Kier alpha value is -3.01. The highest BCUT2D eigenvalue weighted by molar-refractivity contribution is 6.05. The van der Waals surface area contributed by atoms with E-state index in [0.29, 0.717) is 42.9 Å². The van der Waals surface area contributed by atoms with Gasteiger partial charge in [-0.15, -0.1) is 0 Å². The van der Waals surface area contributed by atoms with Crippen LogP contribution in [0.15, 0.2) is 12.1 Å². The molecule has 4 rings (SSSR count). The molecule has 1 aromatic rings. The summed E-state index contributed by atoms with van der Waals surface area (Å²) in [4.78, 5) is 56.3. The lowest BCUT2D eigenvalue weighted by molar-refractivity contribution is -0.136. The summed E-state index contributed by atoms with van der Waals surface area (Å²) in [5.74, 6) is -1.12. The fourth-order valence-corrected chi connectivity index (χ4v) is 4.34. The normalized spacial score (nSPS) is 23.1. The zero-order valence-corrected chi connectivity index (χ0v) is 18.5. The van der Waals surface area contributed by atoms with Gasteiger partial charge in [0.05, 0.1) is 23.5 Å². The predicted octanol–water partition coefficient (Wildman–Crippen LogP) is 1.06. The highest BCUT2D eigenvalue weighted by atomic mass is 16.6. The van der Waals surface area contributed by atoms with Crippen molar-refractivity contribution < 1.29 is 29.0 Å². The van der Waals surface area contributed by atoms with Crippen molar-refractivity contribution in [3.8, 4) is 0 Å². The number of nitrogens with one attached hydrogen (secondary N) is 1. The number of piperidine rings is 2. The maximum Gasteiger partial charge on any atom is 0.410 e. The molecular formula is C22H28N4O6. The van der Waals surface area contributed by atoms with Crippen molar-refractivity contribution in [1.82, 2.24) is 20.1 Å². The minimum absolute atomic E-state index is 0.147. The average molecular weight is 444 g/mol. The minimum Gasteiger partial charge on any atom is -0.444 e. The fourth-order valence-electron chi connectivity index (χ4n) is 4.34. The lowest BCUT2D eigenvalue weighted by Crippen LogP contribution is -2.52. The van der Waals surface area contributed by atoms with Crippen LogP contribution in [0.25, 0.3) is 0 Å². The van der Waals surface area contributed by atoms with Crippen molar-refractivity contribution in [1.29, 1.82) is 0 Å². The summed E-state index contributed by atoms with van der Waals surface area (Å²) in [7, 11) is 0. The van der Waals surface area contributed by atoms with Crippen LogP contribution in [0.4, 0.5) is 4.79 Å². The zero-order valence-electron chi connectivity index (χ0n) is 18.5. The smallest absolute Gasteiger partial charge is 0.410 e. The molecule has 2 fully saturated rings. The molecule has 0 saturated carbocycles. The van der Waals surface area contributed by atoms with E-state index in [1.165, 1.54) is 4.90 Å². The molecule has 10 nitrogen and oxygen atoms in total. The first kappa shape index (κ1) is 22.2. The lowest BCUT2D eigenvalue weighted by Gasteiger charge is -2.38. The summed E-state index contributed by atoms with van der Waals surface area (Å²) in [6.07, 6.45) is 0.642. The predicted molar refractivity (Wildman–Crippen MR) is 111 cm³/mol. The molecule has 3 aliphatic rings. The lowest BCUT2D eigenvalue weighted by atomic mass is 9.87. The SMILES string of the molecule is CC(C)(C)OC(=O)N1CCC(O)(c2ccc3c(n2)CN(C2CCC(=O)NC2=O)C3=O)CC1. The third kappa shape index (κ3) is 4.19. The number of rotatable bonds is 2. The van der Waals surface area contributed by atoms with Gasteiger partial charge in [0, 0.05) is 19.5 Å². The number of likely N-dealkylation sites (tertiary alicyclic amines) is 1. The molecular weight excluding hydrogens is 416 g/mol. The van der Waals surface area contributed by atoms with Gasteiger partial charge in [-0.25, -0.2) is 4.79 Å². The van der Waals surface area contributed by atoms with Crippen molar-refractivity contribution >= 4 is 23.8 Å². The number of carbonyl (C=O) groups excluding carboxylic acids is 4. The summed E-state index contributed by atoms with van der Waals surface area (Å²) in [5.41, 5.74) is -0.474. The molecule has 0 spiro atoms. The molecule has 10 heteroatoms. The Morgan fingerprint density at radius 2 is 1.91 bits per heavy atom. The van der Waals surface area contributed by atoms with E-state index in [-0.39, 0.29) is 31.2 Å². The van der Waals surface area contributed by atoms with Crippen LogP contribution in [-0.4, -0.2) is 68.4 Å². The molecule has 0 radical (unpaired) electrons. The first-order valence-electron chi connectivity index (χ1n) is 10.8. The second kappa shape index (κ2) is 7.84. The average Bonchev–Trinajstić information content (AvgIpc) is 3.03. The van der Waals surface area contributed by atoms with Gasteiger partial charge in [-0.3, -0.25) is 24.7 Å². The molecule has 0 bridgehead atoms. The Kier molecular flexibility index (Phi) is 5.44. The number of carbonyl (C=O) groups is 4. The third-order valence-electron chi connectivity index (χ3n) is 6.09. The third-order valence-corrected chi connectivity index (χ3v) is 6.09. The van der Waals surface area contributed by atoms with E-state index in [2.05, 4.69) is 10.3 Å². The quantitative estimate of drug-likeness (QED) is 0.653. The summed E-state index contributed by atoms with van der Waals surface area (Å²) in [6.45, 7) is 6.21. The van der Waals surface area contributed by atoms with Gasteiger partial charge >= 0.3 is 6.09 Å². The number of pyridine rings is 1. The van der Waals surface area contributed by atoms with Crippen molar-refractivity contribution in [3.05, 3.63) is 29.1 Å². The molecule has 172 valence electrons. The fraction of sp³-hybridized carbons (Fsp3) is 0.591. The second-order valence-corrected chi connectivity index (χ2v) is 9.59. The number of imide groups is 1. The van der Waals surface area contributed by atoms with Crippen LogP contribution in [0.2, 0.25) is 0 Å². The maximum atomic E-state index is 12.8. The monoisotopic (exact) mass is 444 g/mol. The molecule has 1 aromatic heterocycles. The summed E-state index contributed by atoms with van der Waals surface area (Å²) < 4.78 is 5.40. The molecule has 4 amide bonds. The van der Waals surface area contributed by atoms with Gasteiger partial charge in [-0.1, -0.05) is 0 Å². The van der Waals surface area contributed by atoms with E-state index < -0.39 is 29.2 Å². The van der Waals surface area contributed by atoms with Crippen LogP contribution >= 0.6 is 0 Å². The van der Waals surface area contributed by atoms with Gasteiger partial charge < -0.3 is 19.6 Å². The van der Waals surface area contributed by atoms with E-state index in [0.717, 1.165) is 0 Å². The molecule has 0 aliphatic carbocycles. The highest BCUT2D eigenvalue weighted by Gasteiger charge is 2.42. The summed E-state index contributed by atoms with van der Waals surface area (Å²) in [5, 5.41) is 13.5. The van der Waals surface area contributed by atoms with E-state index in [9.17, 15) is 24.3 Å². The number of hydrogen-bond donors (Lipinski definition) is 2. The maximum absolute atomic E-state index is 12.8. The first-order chi connectivity index (χ1) is 15.0. The Morgan fingerprint density at radius 3 is 2.53 bits per heavy atom. The van der Waals surface area contributed by atoms with Crippen molar-refractivity contribution in [3.63, 3.8) is 0 Å². The van der Waals surface area contributed by atoms with E-state index >= 15 is 0 Å². The van der Waals surface area contributed by atoms with Gasteiger partial charge in [0.1, 0.15) is 17.2 Å². The van der Waals surface area contributed by atoms with Gasteiger partial charge in [0.2, 0.25) is 11.8 Å². The number of aliphatic hydroxyl groups is 1. The summed E-state index contributed by atoms with van der Waals surface area (Å²) in [6, 6.07) is 2.55. The van der Waals surface area contributed by atoms with Crippen LogP contribution < -0.4 is 5.32 Å². The van der Waals surface area contributed by atoms with Crippen molar-refractivity contribution in [2.75, 3.05) is 13.1 Å². The molecule has 0 aromatic carbocycles. The van der Waals surface area contributed by atoms with Gasteiger partial charge in [0.15, 0.2) is 0 Å². The van der Waals surface area contributed by atoms with Crippen LogP contribution in [0.3, 0.4) is 0 Å². The van der Waals surface area contributed by atoms with Gasteiger partial charge in [-0.2, -0.15) is 0 Å². The number of nitrogens with zero attached hydrogens (tertiary/aromatic N) is 3. The Morgan fingerprint density at radius 1 is 1.22 bits per heavy atom. The molecule has 2 N–H and O–H groups in total. The Labute approximate surface area is 185 Å². The number of fused-ring (bicyclic) bond motifs is 1. The Bertz CT molecular complexity index is 977.